The molecule has 0 aliphatic rings. The number of nitrogens with zero attached hydrogens (tertiary/aromatic N) is 4. The highest BCUT2D eigenvalue weighted by Crippen LogP contribution is 2.32. The lowest BCUT2D eigenvalue weighted by Crippen LogP contribution is -2.44. The van der Waals surface area contributed by atoms with E-state index in [0.29, 0.717) is 22.3 Å². The number of imide groups is 1. The van der Waals surface area contributed by atoms with E-state index in [0.717, 1.165) is 4.90 Å². The lowest BCUT2D eigenvalue weighted by atomic mass is 10.2. The summed E-state index contributed by atoms with van der Waals surface area (Å²) in [5.74, 6) is 0.0400. The zero-order valence-corrected chi connectivity index (χ0v) is 17.9. The number of H-pyrrole nitrogens is 1. The van der Waals surface area contributed by atoms with Crippen molar-refractivity contribution in [1.82, 2.24) is 20.0 Å². The number of anilines is 2. The Labute approximate surface area is 173 Å². The molecule has 2 amide bonds. The van der Waals surface area contributed by atoms with Gasteiger partial charge >= 0.3 is 12.2 Å². The van der Waals surface area contributed by atoms with Crippen molar-refractivity contribution in [1.29, 1.82) is 0 Å². The molecule has 0 spiro atoms. The summed E-state index contributed by atoms with van der Waals surface area (Å²) in [4.78, 5) is 26.8. The van der Waals surface area contributed by atoms with Crippen LogP contribution in [0, 0.1) is 0 Å². The van der Waals surface area contributed by atoms with Gasteiger partial charge in [-0.25, -0.2) is 14.3 Å². The molecule has 3 rings (SSSR count). The summed E-state index contributed by atoms with van der Waals surface area (Å²) in [7, 11) is 0. The number of benzene rings is 1. The van der Waals surface area contributed by atoms with Crippen LogP contribution >= 0.6 is 0 Å². The van der Waals surface area contributed by atoms with Gasteiger partial charge in [-0.1, -0.05) is 6.07 Å². The number of nitrogen functional groups attached to an aromatic ring is 1. The van der Waals surface area contributed by atoms with Gasteiger partial charge in [0.2, 0.25) is 0 Å². The third-order valence-corrected chi connectivity index (χ3v) is 3.76. The van der Waals surface area contributed by atoms with Gasteiger partial charge in [-0.3, -0.25) is 5.10 Å². The van der Waals surface area contributed by atoms with Gasteiger partial charge in [0.1, 0.15) is 11.2 Å². The normalized spacial score (nSPS) is 12.1. The van der Waals surface area contributed by atoms with E-state index < -0.39 is 23.4 Å². The van der Waals surface area contributed by atoms with Crippen LogP contribution in [0.25, 0.3) is 16.6 Å². The van der Waals surface area contributed by atoms with E-state index in [2.05, 4.69) is 15.3 Å². The molecule has 0 aliphatic carbocycles. The molecule has 0 radical (unpaired) electrons. The van der Waals surface area contributed by atoms with Crippen molar-refractivity contribution < 1.29 is 19.1 Å². The Kier molecular flexibility index (Phi) is 5.19. The third kappa shape index (κ3) is 4.53. The van der Waals surface area contributed by atoms with Gasteiger partial charge in [0.15, 0.2) is 5.82 Å². The molecule has 2 aromatic heterocycles. The van der Waals surface area contributed by atoms with Crippen molar-refractivity contribution >= 4 is 34.6 Å². The number of nitrogens with one attached hydrogen (secondary N) is 1. The first-order valence-electron chi connectivity index (χ1n) is 9.39. The molecule has 0 aliphatic heterocycles. The van der Waals surface area contributed by atoms with E-state index >= 15 is 0 Å². The van der Waals surface area contributed by atoms with Gasteiger partial charge in [-0.15, -0.1) is 0 Å². The van der Waals surface area contributed by atoms with Crippen molar-refractivity contribution in [3.63, 3.8) is 0 Å². The van der Waals surface area contributed by atoms with Gasteiger partial charge in [0, 0.05) is 0 Å². The number of rotatable bonds is 2. The summed E-state index contributed by atoms with van der Waals surface area (Å²) >= 11 is 0. The summed E-state index contributed by atoms with van der Waals surface area (Å²) < 4.78 is 12.4. The Balaban J connectivity index is 2.18. The fraction of sp³-hybridized carbons (Fsp3) is 0.400. The van der Waals surface area contributed by atoms with Crippen LogP contribution in [0.1, 0.15) is 41.5 Å². The maximum absolute atomic E-state index is 13.0. The average molecular weight is 414 g/mol. The van der Waals surface area contributed by atoms with Crippen molar-refractivity contribution in [3.05, 3.63) is 30.6 Å². The number of hydrogen-bond acceptors (Lipinski definition) is 7. The van der Waals surface area contributed by atoms with E-state index in [9.17, 15) is 9.59 Å². The van der Waals surface area contributed by atoms with Crippen LogP contribution in [0.4, 0.5) is 21.1 Å². The second-order valence-corrected chi connectivity index (χ2v) is 8.76. The molecule has 0 atom stereocenters. The van der Waals surface area contributed by atoms with E-state index in [1.54, 1.807) is 70.6 Å². The summed E-state index contributed by atoms with van der Waals surface area (Å²) in [6, 6.07) is 5.34. The van der Waals surface area contributed by atoms with Crippen LogP contribution in [0.3, 0.4) is 0 Å². The smallest absolute Gasteiger partial charge is 0.425 e. The fourth-order valence-corrected chi connectivity index (χ4v) is 2.72. The number of aromatic amines is 1. The van der Waals surface area contributed by atoms with Crippen molar-refractivity contribution in [2.24, 2.45) is 0 Å². The molecule has 10 nitrogen and oxygen atoms in total. The molecular formula is C20H26N6O4. The van der Waals surface area contributed by atoms with Crippen molar-refractivity contribution in [3.8, 4) is 5.69 Å². The molecule has 30 heavy (non-hydrogen) atoms. The minimum Gasteiger partial charge on any atom is -0.443 e. The summed E-state index contributed by atoms with van der Waals surface area (Å²) in [6.45, 7) is 10.2. The first-order chi connectivity index (χ1) is 13.9. The molecule has 0 saturated carbocycles. The molecule has 10 heteroatoms. The van der Waals surface area contributed by atoms with Crippen LogP contribution in [-0.4, -0.2) is 43.4 Å². The molecule has 3 aromatic rings. The number of hydrogen-bond donors (Lipinski definition) is 2. The standard InChI is InChI=1S/C20H26N6O4/c1-19(2,3)29-17(27)26(18(28)30-20(4,5)6)16-15-13(23-24-16)8-7-9-14(15)25-11-12(21)10-22-25/h7-11H,21H2,1-6H3,(H,23,24). The number of carbonyl (C=O) groups is 2. The molecule has 1 aromatic carbocycles. The fourth-order valence-electron chi connectivity index (χ4n) is 2.72. The lowest BCUT2D eigenvalue weighted by molar-refractivity contribution is 0.0429. The van der Waals surface area contributed by atoms with E-state index in [4.69, 9.17) is 15.2 Å². The molecule has 0 unspecified atom stereocenters. The molecule has 2 heterocycles. The average Bonchev–Trinajstić information content (AvgIpc) is 3.18. The van der Waals surface area contributed by atoms with E-state index in [1.807, 2.05) is 0 Å². The number of ether oxygens (including phenoxy) is 2. The molecule has 0 bridgehead atoms. The zero-order valence-electron chi connectivity index (χ0n) is 17.9. The maximum Gasteiger partial charge on any atom is 0.425 e. The zero-order chi connectivity index (χ0) is 22.3. The first kappa shape index (κ1) is 21.2. The van der Waals surface area contributed by atoms with Crippen LogP contribution in [0.15, 0.2) is 30.6 Å². The van der Waals surface area contributed by atoms with Crippen LogP contribution < -0.4 is 10.6 Å². The Hall–Kier alpha value is -3.56. The quantitative estimate of drug-likeness (QED) is 0.648. The molecule has 0 fully saturated rings. The van der Waals surface area contributed by atoms with Crippen LogP contribution in [0.2, 0.25) is 0 Å². The SMILES string of the molecule is CC(C)(C)OC(=O)N(C(=O)OC(C)(C)C)c1n[nH]c2cccc(-n3cc(N)cn3)c12. The minimum absolute atomic E-state index is 0.0400. The van der Waals surface area contributed by atoms with Gasteiger partial charge in [0.05, 0.1) is 34.7 Å². The predicted molar refractivity (Wildman–Crippen MR) is 113 cm³/mol. The summed E-state index contributed by atoms with van der Waals surface area (Å²) in [5.41, 5.74) is 5.77. The van der Waals surface area contributed by atoms with E-state index in [1.165, 1.54) is 6.20 Å². The second kappa shape index (κ2) is 7.36. The molecule has 160 valence electrons. The predicted octanol–water partition coefficient (Wildman–Crippen LogP) is 4.01. The molecular weight excluding hydrogens is 388 g/mol. The maximum atomic E-state index is 13.0. The lowest BCUT2D eigenvalue weighted by Gasteiger charge is -2.27. The molecule has 0 saturated heterocycles. The highest BCUT2D eigenvalue weighted by molar-refractivity contribution is 6.15. The van der Waals surface area contributed by atoms with Crippen LogP contribution in [-0.2, 0) is 9.47 Å². The van der Waals surface area contributed by atoms with Crippen molar-refractivity contribution in [2.75, 3.05) is 10.6 Å². The number of nitrogens with two attached hydrogens (primary N) is 1. The monoisotopic (exact) mass is 414 g/mol. The van der Waals surface area contributed by atoms with Gasteiger partial charge in [0.25, 0.3) is 0 Å². The Morgan fingerprint density at radius 3 is 2.17 bits per heavy atom. The largest absolute Gasteiger partial charge is 0.443 e. The van der Waals surface area contributed by atoms with Gasteiger partial charge in [-0.2, -0.15) is 15.1 Å². The van der Waals surface area contributed by atoms with Crippen molar-refractivity contribution in [2.45, 2.75) is 52.7 Å². The number of fused-ring (bicyclic) bond motifs is 1. The van der Waals surface area contributed by atoms with Gasteiger partial charge in [-0.05, 0) is 53.7 Å². The topological polar surface area (TPSA) is 128 Å². The highest BCUT2D eigenvalue weighted by Gasteiger charge is 2.36. The number of aromatic nitrogens is 4. The second-order valence-electron chi connectivity index (χ2n) is 8.76. The third-order valence-electron chi connectivity index (χ3n) is 3.76. The van der Waals surface area contributed by atoms with E-state index in [-0.39, 0.29) is 5.82 Å². The Bertz CT molecular complexity index is 1060. The highest BCUT2D eigenvalue weighted by atomic mass is 16.6. The molecule has 3 N–H and O–H groups in total. The van der Waals surface area contributed by atoms with Gasteiger partial charge < -0.3 is 15.2 Å². The number of amides is 2. The summed E-state index contributed by atoms with van der Waals surface area (Å²) in [6.07, 6.45) is 1.31. The number of carbonyl (C=O) groups excluding carboxylic acids is 2. The Morgan fingerprint density at radius 1 is 1.07 bits per heavy atom. The first-order valence-corrected chi connectivity index (χ1v) is 9.39. The van der Waals surface area contributed by atoms with Crippen LogP contribution in [0.5, 0.6) is 0 Å². The Morgan fingerprint density at radius 2 is 1.67 bits per heavy atom. The summed E-state index contributed by atoms with van der Waals surface area (Å²) in [5, 5.41) is 11.8. The minimum atomic E-state index is -0.903.